The Morgan fingerprint density at radius 2 is 2.00 bits per heavy atom. The van der Waals surface area contributed by atoms with E-state index < -0.39 is 0 Å². The maximum absolute atomic E-state index is 12.0. The Bertz CT molecular complexity index is 780. The van der Waals surface area contributed by atoms with Gasteiger partial charge in [-0.15, -0.1) is 6.42 Å². The van der Waals surface area contributed by atoms with Crippen molar-refractivity contribution in [1.82, 2.24) is 5.43 Å². The number of amides is 1. The maximum Gasteiger partial charge on any atom is 0.271 e. The summed E-state index contributed by atoms with van der Waals surface area (Å²) < 4.78 is 11.2. The SMILES string of the molecule is C#CCOc1ccc(Br)c(C=NNC(=O)c2ccc(OC)cc2)c1. The number of ether oxygens (including phenoxy) is 2. The van der Waals surface area contributed by atoms with E-state index in [1.807, 2.05) is 6.07 Å². The summed E-state index contributed by atoms with van der Waals surface area (Å²) in [4.78, 5) is 12.0. The van der Waals surface area contributed by atoms with Gasteiger partial charge in [-0.25, -0.2) is 5.43 Å². The van der Waals surface area contributed by atoms with Crippen LogP contribution in [0, 0.1) is 12.3 Å². The largest absolute Gasteiger partial charge is 0.497 e. The molecule has 0 aliphatic rings. The molecular weight excluding hydrogens is 372 g/mol. The second kappa shape index (κ2) is 8.75. The normalized spacial score (nSPS) is 10.2. The van der Waals surface area contributed by atoms with Gasteiger partial charge in [0.2, 0.25) is 0 Å². The van der Waals surface area contributed by atoms with Crippen LogP contribution in [-0.4, -0.2) is 25.8 Å². The molecule has 2 rings (SSSR count). The molecule has 122 valence electrons. The van der Waals surface area contributed by atoms with Gasteiger partial charge in [0.15, 0.2) is 0 Å². The third-order valence-electron chi connectivity index (χ3n) is 3.01. The highest BCUT2D eigenvalue weighted by Gasteiger charge is 2.04. The van der Waals surface area contributed by atoms with E-state index in [-0.39, 0.29) is 12.5 Å². The number of benzene rings is 2. The minimum absolute atomic E-state index is 0.187. The van der Waals surface area contributed by atoms with Crippen LogP contribution in [0.15, 0.2) is 52.0 Å². The van der Waals surface area contributed by atoms with E-state index in [2.05, 4.69) is 32.4 Å². The zero-order chi connectivity index (χ0) is 17.4. The Kier molecular flexibility index (Phi) is 6.41. The molecule has 0 aliphatic heterocycles. The summed E-state index contributed by atoms with van der Waals surface area (Å²) in [6.07, 6.45) is 6.69. The molecule has 1 N–H and O–H groups in total. The average molecular weight is 387 g/mol. The number of terminal acetylenes is 1. The van der Waals surface area contributed by atoms with E-state index in [1.165, 1.54) is 6.21 Å². The highest BCUT2D eigenvalue weighted by molar-refractivity contribution is 9.10. The molecule has 5 nitrogen and oxygen atoms in total. The molecule has 0 saturated carbocycles. The Morgan fingerprint density at radius 3 is 2.67 bits per heavy atom. The highest BCUT2D eigenvalue weighted by Crippen LogP contribution is 2.21. The molecule has 2 aromatic carbocycles. The quantitative estimate of drug-likeness (QED) is 0.470. The van der Waals surface area contributed by atoms with Gasteiger partial charge in [-0.1, -0.05) is 21.9 Å². The van der Waals surface area contributed by atoms with E-state index in [0.717, 1.165) is 10.0 Å². The lowest BCUT2D eigenvalue weighted by atomic mass is 10.2. The van der Waals surface area contributed by atoms with Gasteiger partial charge in [-0.05, 0) is 42.5 Å². The second-order valence-electron chi connectivity index (χ2n) is 4.60. The standard InChI is InChI=1S/C18H15BrN2O3/c1-3-10-24-16-8-9-17(19)14(11-16)12-20-21-18(22)13-4-6-15(23-2)7-5-13/h1,4-9,11-12H,10H2,2H3,(H,21,22). The van der Waals surface area contributed by atoms with Crippen LogP contribution >= 0.6 is 15.9 Å². The smallest absolute Gasteiger partial charge is 0.271 e. The van der Waals surface area contributed by atoms with E-state index >= 15 is 0 Å². The van der Waals surface area contributed by atoms with Crippen LogP contribution in [0.4, 0.5) is 0 Å². The molecule has 0 radical (unpaired) electrons. The molecule has 0 aromatic heterocycles. The van der Waals surface area contributed by atoms with Crippen LogP contribution < -0.4 is 14.9 Å². The predicted molar refractivity (Wildman–Crippen MR) is 96.5 cm³/mol. The fraction of sp³-hybridized carbons (Fsp3) is 0.111. The van der Waals surface area contributed by atoms with Crippen molar-refractivity contribution in [2.24, 2.45) is 5.10 Å². The van der Waals surface area contributed by atoms with Gasteiger partial charge >= 0.3 is 0 Å². The Labute approximate surface area is 148 Å². The number of rotatable bonds is 6. The van der Waals surface area contributed by atoms with Gasteiger partial charge in [0.1, 0.15) is 18.1 Å². The van der Waals surface area contributed by atoms with Crippen LogP contribution in [0.1, 0.15) is 15.9 Å². The van der Waals surface area contributed by atoms with E-state index in [9.17, 15) is 4.79 Å². The summed E-state index contributed by atoms with van der Waals surface area (Å²) >= 11 is 3.41. The molecule has 0 heterocycles. The highest BCUT2D eigenvalue weighted by atomic mass is 79.9. The Hall–Kier alpha value is -2.78. The van der Waals surface area contributed by atoms with Gasteiger partial charge in [0.25, 0.3) is 5.91 Å². The molecule has 1 amide bonds. The van der Waals surface area contributed by atoms with Crippen LogP contribution in [0.5, 0.6) is 11.5 Å². The molecule has 0 bridgehead atoms. The number of carbonyl (C=O) groups is 1. The summed E-state index contributed by atoms with van der Waals surface area (Å²) in [6.45, 7) is 0.187. The van der Waals surface area contributed by atoms with Crippen LogP contribution in [0.3, 0.4) is 0 Å². The lowest BCUT2D eigenvalue weighted by Crippen LogP contribution is -2.17. The van der Waals surface area contributed by atoms with Crippen LogP contribution in [-0.2, 0) is 0 Å². The van der Waals surface area contributed by atoms with Crippen molar-refractivity contribution >= 4 is 28.1 Å². The van der Waals surface area contributed by atoms with Crippen LogP contribution in [0.2, 0.25) is 0 Å². The topological polar surface area (TPSA) is 59.9 Å². The van der Waals surface area contributed by atoms with E-state index in [1.54, 1.807) is 43.5 Å². The van der Waals surface area contributed by atoms with Crippen molar-refractivity contribution in [3.8, 4) is 23.8 Å². The minimum atomic E-state index is -0.315. The van der Waals surface area contributed by atoms with E-state index in [0.29, 0.717) is 17.1 Å². The zero-order valence-electron chi connectivity index (χ0n) is 13.0. The van der Waals surface area contributed by atoms with Crippen molar-refractivity contribution in [1.29, 1.82) is 0 Å². The molecule has 0 atom stereocenters. The maximum atomic E-state index is 12.0. The number of carbonyl (C=O) groups excluding carboxylic acids is 1. The van der Waals surface area contributed by atoms with Gasteiger partial charge in [0, 0.05) is 15.6 Å². The molecule has 24 heavy (non-hydrogen) atoms. The van der Waals surface area contributed by atoms with Gasteiger partial charge in [-0.3, -0.25) is 4.79 Å². The van der Waals surface area contributed by atoms with Crippen molar-refractivity contribution in [3.05, 3.63) is 58.1 Å². The molecule has 0 spiro atoms. The molecule has 0 aliphatic carbocycles. The number of hydrazone groups is 1. The molecule has 0 unspecified atom stereocenters. The van der Waals surface area contributed by atoms with Gasteiger partial charge in [-0.2, -0.15) is 5.10 Å². The first kappa shape index (κ1) is 17.6. The molecule has 6 heteroatoms. The Morgan fingerprint density at radius 1 is 1.29 bits per heavy atom. The summed E-state index contributed by atoms with van der Waals surface area (Å²) in [7, 11) is 1.57. The number of nitrogens with zero attached hydrogens (tertiary/aromatic N) is 1. The number of hydrogen-bond acceptors (Lipinski definition) is 4. The summed E-state index contributed by atoms with van der Waals surface area (Å²) in [5.41, 5.74) is 3.70. The zero-order valence-corrected chi connectivity index (χ0v) is 14.5. The molecule has 0 fully saturated rings. The van der Waals surface area contributed by atoms with Crippen LogP contribution in [0.25, 0.3) is 0 Å². The molecule has 0 saturated heterocycles. The number of halogens is 1. The summed E-state index contributed by atoms with van der Waals surface area (Å²) in [6, 6.07) is 12.1. The third-order valence-corrected chi connectivity index (χ3v) is 3.73. The first-order valence-electron chi connectivity index (χ1n) is 6.97. The number of hydrogen-bond donors (Lipinski definition) is 1. The number of methoxy groups -OCH3 is 1. The van der Waals surface area contributed by atoms with E-state index in [4.69, 9.17) is 15.9 Å². The fourth-order valence-electron chi connectivity index (χ4n) is 1.80. The van der Waals surface area contributed by atoms with Crippen molar-refractivity contribution in [3.63, 3.8) is 0 Å². The fourth-order valence-corrected chi connectivity index (χ4v) is 2.15. The van der Waals surface area contributed by atoms with Crippen molar-refractivity contribution in [2.45, 2.75) is 0 Å². The van der Waals surface area contributed by atoms with Crippen molar-refractivity contribution in [2.75, 3.05) is 13.7 Å². The molecular formula is C18H15BrN2O3. The second-order valence-corrected chi connectivity index (χ2v) is 5.46. The Balaban J connectivity index is 2.02. The van der Waals surface area contributed by atoms with Gasteiger partial charge in [0.05, 0.1) is 13.3 Å². The minimum Gasteiger partial charge on any atom is -0.497 e. The third kappa shape index (κ3) is 4.86. The molecule has 2 aromatic rings. The summed E-state index contributed by atoms with van der Waals surface area (Å²) in [5.74, 6) is 3.39. The first-order chi connectivity index (χ1) is 11.6. The summed E-state index contributed by atoms with van der Waals surface area (Å²) in [5, 5.41) is 3.96. The van der Waals surface area contributed by atoms with Gasteiger partial charge < -0.3 is 9.47 Å². The number of nitrogens with one attached hydrogen (secondary N) is 1. The monoisotopic (exact) mass is 386 g/mol. The average Bonchev–Trinajstić information content (AvgIpc) is 2.62. The predicted octanol–water partition coefficient (Wildman–Crippen LogP) is 3.23. The first-order valence-corrected chi connectivity index (χ1v) is 7.76. The van der Waals surface area contributed by atoms with Crippen molar-refractivity contribution < 1.29 is 14.3 Å². The lowest BCUT2D eigenvalue weighted by molar-refractivity contribution is 0.0955. The lowest BCUT2D eigenvalue weighted by Gasteiger charge is -2.05.